The fraction of sp³-hybridized carbons (Fsp3) is 0.545. The van der Waals surface area contributed by atoms with Crippen LogP contribution in [0.4, 0.5) is 0 Å². The maximum Gasteiger partial charge on any atom is 0.193 e. The van der Waals surface area contributed by atoms with Gasteiger partial charge in [-0.25, -0.2) is 4.98 Å². The van der Waals surface area contributed by atoms with Crippen molar-refractivity contribution < 1.29 is 4.74 Å². The predicted molar refractivity (Wildman–Crippen MR) is 65.4 cm³/mol. The molecule has 16 heavy (non-hydrogen) atoms. The van der Waals surface area contributed by atoms with Crippen molar-refractivity contribution in [3.63, 3.8) is 0 Å². The number of fused-ring (bicyclic) bond motifs is 1. The zero-order valence-corrected chi connectivity index (χ0v) is 10.4. The van der Waals surface area contributed by atoms with E-state index in [1.165, 1.54) is 0 Å². The number of ether oxygens (including phenoxy) is 1. The third-order valence-corrected chi connectivity index (χ3v) is 4.51. The number of alkyl halides is 1. The summed E-state index contributed by atoms with van der Waals surface area (Å²) in [5.41, 5.74) is 1.23. The second-order valence-electron chi connectivity index (χ2n) is 4.44. The maximum atomic E-state index is 6.08. The van der Waals surface area contributed by atoms with Crippen LogP contribution in [0.25, 0.3) is 4.96 Å². The first-order valence-corrected chi connectivity index (χ1v) is 6.78. The molecule has 86 valence electrons. The Hall–Kier alpha value is -0.580. The Labute approximate surface area is 103 Å². The van der Waals surface area contributed by atoms with Gasteiger partial charge in [0.15, 0.2) is 4.96 Å². The maximum absolute atomic E-state index is 6.08. The topological polar surface area (TPSA) is 26.5 Å². The van der Waals surface area contributed by atoms with Crippen LogP contribution in [-0.4, -0.2) is 28.5 Å². The van der Waals surface area contributed by atoms with Crippen LogP contribution in [0.3, 0.4) is 0 Å². The van der Waals surface area contributed by atoms with Crippen LogP contribution in [0.15, 0.2) is 17.8 Å². The first-order chi connectivity index (χ1) is 7.81. The zero-order valence-electron chi connectivity index (χ0n) is 8.86. The quantitative estimate of drug-likeness (QED) is 0.789. The Bertz CT molecular complexity index is 458. The first-order valence-electron chi connectivity index (χ1n) is 5.36. The van der Waals surface area contributed by atoms with Gasteiger partial charge in [0.2, 0.25) is 0 Å². The van der Waals surface area contributed by atoms with Crippen molar-refractivity contribution in [2.45, 2.75) is 12.8 Å². The minimum absolute atomic E-state index is 0.103. The van der Waals surface area contributed by atoms with Gasteiger partial charge in [-0.1, -0.05) is 0 Å². The molecule has 1 saturated heterocycles. The molecule has 5 heteroatoms. The number of thiazole rings is 1. The SMILES string of the molecule is ClCC1(Cc2cn3ccsc3n2)CCOC1. The minimum atomic E-state index is 0.103. The van der Waals surface area contributed by atoms with Crippen LogP contribution in [-0.2, 0) is 11.2 Å². The van der Waals surface area contributed by atoms with E-state index in [-0.39, 0.29) is 5.41 Å². The molecule has 3 nitrogen and oxygen atoms in total. The van der Waals surface area contributed by atoms with E-state index in [0.29, 0.717) is 5.88 Å². The van der Waals surface area contributed by atoms with Gasteiger partial charge >= 0.3 is 0 Å². The molecule has 0 bridgehead atoms. The molecule has 1 aliphatic heterocycles. The van der Waals surface area contributed by atoms with Crippen LogP contribution < -0.4 is 0 Å². The summed E-state index contributed by atoms with van der Waals surface area (Å²) in [6.45, 7) is 1.59. The molecule has 3 rings (SSSR count). The normalized spacial score (nSPS) is 25.6. The Balaban J connectivity index is 1.85. The third kappa shape index (κ3) is 1.75. The number of rotatable bonds is 3. The highest BCUT2D eigenvalue weighted by atomic mass is 35.5. The summed E-state index contributed by atoms with van der Waals surface area (Å²) in [6.07, 6.45) is 6.10. The van der Waals surface area contributed by atoms with Crippen molar-refractivity contribution in [1.82, 2.24) is 9.38 Å². The summed E-state index contributed by atoms with van der Waals surface area (Å²) >= 11 is 7.74. The lowest BCUT2D eigenvalue weighted by atomic mass is 9.85. The van der Waals surface area contributed by atoms with Crippen LogP contribution in [0.5, 0.6) is 0 Å². The van der Waals surface area contributed by atoms with Gasteiger partial charge in [-0.2, -0.15) is 0 Å². The van der Waals surface area contributed by atoms with Crippen LogP contribution in [0, 0.1) is 5.41 Å². The smallest absolute Gasteiger partial charge is 0.193 e. The van der Waals surface area contributed by atoms with Crippen LogP contribution in [0.2, 0.25) is 0 Å². The number of hydrogen-bond acceptors (Lipinski definition) is 3. The van der Waals surface area contributed by atoms with E-state index in [1.807, 2.05) is 11.6 Å². The molecule has 0 saturated carbocycles. The molecule has 1 unspecified atom stereocenters. The molecule has 0 radical (unpaired) electrons. The van der Waals surface area contributed by atoms with Crippen molar-refractivity contribution in [3.05, 3.63) is 23.5 Å². The number of hydrogen-bond donors (Lipinski definition) is 0. The van der Waals surface area contributed by atoms with Gasteiger partial charge in [-0.3, -0.25) is 4.40 Å². The average Bonchev–Trinajstić information content (AvgIpc) is 2.93. The molecule has 2 aromatic rings. The highest BCUT2D eigenvalue weighted by molar-refractivity contribution is 7.15. The minimum Gasteiger partial charge on any atom is -0.381 e. The lowest BCUT2D eigenvalue weighted by Gasteiger charge is -2.22. The van der Waals surface area contributed by atoms with Crippen LogP contribution >= 0.6 is 22.9 Å². The Morgan fingerprint density at radius 1 is 1.62 bits per heavy atom. The second-order valence-corrected chi connectivity index (χ2v) is 5.58. The Morgan fingerprint density at radius 2 is 2.56 bits per heavy atom. The Morgan fingerprint density at radius 3 is 3.25 bits per heavy atom. The van der Waals surface area contributed by atoms with E-state index in [0.717, 1.165) is 36.7 Å². The standard InChI is InChI=1S/C11H13ClN2OS/c12-7-11(1-3-15-8-11)5-9-6-14-2-4-16-10(14)13-9/h2,4,6H,1,3,5,7-8H2. The Kier molecular flexibility index (Phi) is 2.65. The largest absolute Gasteiger partial charge is 0.381 e. The number of nitrogens with zero attached hydrogens (tertiary/aromatic N) is 2. The van der Waals surface area contributed by atoms with E-state index >= 15 is 0 Å². The fourth-order valence-corrected chi connectivity index (χ4v) is 3.21. The summed E-state index contributed by atoms with van der Waals surface area (Å²) in [4.78, 5) is 5.65. The van der Waals surface area contributed by atoms with E-state index in [1.54, 1.807) is 11.3 Å². The van der Waals surface area contributed by atoms with Crippen molar-refractivity contribution in [2.75, 3.05) is 19.1 Å². The van der Waals surface area contributed by atoms with E-state index in [2.05, 4.69) is 15.6 Å². The van der Waals surface area contributed by atoms with Gasteiger partial charge in [0.05, 0.1) is 12.3 Å². The summed E-state index contributed by atoms with van der Waals surface area (Å²) < 4.78 is 7.53. The van der Waals surface area contributed by atoms with E-state index < -0.39 is 0 Å². The van der Waals surface area contributed by atoms with Gasteiger partial charge in [0, 0.05) is 42.1 Å². The van der Waals surface area contributed by atoms with Crippen molar-refractivity contribution in [3.8, 4) is 0 Å². The second kappa shape index (κ2) is 4.02. The van der Waals surface area contributed by atoms with Crippen molar-refractivity contribution in [2.24, 2.45) is 5.41 Å². The molecule has 1 atom stereocenters. The molecular weight excluding hydrogens is 244 g/mol. The summed E-state index contributed by atoms with van der Waals surface area (Å²) in [5.74, 6) is 0.651. The van der Waals surface area contributed by atoms with E-state index in [9.17, 15) is 0 Å². The highest BCUT2D eigenvalue weighted by Gasteiger charge is 2.35. The molecule has 0 N–H and O–H groups in total. The molecule has 3 heterocycles. The first kappa shape index (κ1) is 10.6. The van der Waals surface area contributed by atoms with Gasteiger partial charge in [0.1, 0.15) is 0 Å². The lowest BCUT2D eigenvalue weighted by molar-refractivity contribution is 0.160. The molecular formula is C11H13ClN2OS. The molecule has 2 aromatic heterocycles. The monoisotopic (exact) mass is 256 g/mol. The number of imidazole rings is 1. The zero-order chi connectivity index (χ0) is 11.0. The van der Waals surface area contributed by atoms with Crippen molar-refractivity contribution >= 4 is 27.9 Å². The van der Waals surface area contributed by atoms with Crippen LogP contribution in [0.1, 0.15) is 12.1 Å². The predicted octanol–water partition coefficient (Wildman–Crippen LogP) is 2.58. The van der Waals surface area contributed by atoms with Gasteiger partial charge < -0.3 is 4.74 Å². The highest BCUT2D eigenvalue weighted by Crippen LogP contribution is 2.33. The molecule has 0 amide bonds. The van der Waals surface area contributed by atoms with E-state index in [4.69, 9.17) is 16.3 Å². The molecule has 1 fully saturated rings. The van der Waals surface area contributed by atoms with Gasteiger partial charge in [-0.05, 0) is 6.42 Å². The average molecular weight is 257 g/mol. The molecule has 1 aliphatic rings. The van der Waals surface area contributed by atoms with Gasteiger partial charge in [0.25, 0.3) is 0 Å². The summed E-state index contributed by atoms with van der Waals surface area (Å²) in [6, 6.07) is 0. The molecule has 0 spiro atoms. The lowest BCUT2D eigenvalue weighted by Crippen LogP contribution is -2.26. The summed E-state index contributed by atoms with van der Waals surface area (Å²) in [7, 11) is 0. The molecule has 0 aliphatic carbocycles. The number of aromatic nitrogens is 2. The fourth-order valence-electron chi connectivity index (χ4n) is 2.19. The van der Waals surface area contributed by atoms with Gasteiger partial charge in [-0.15, -0.1) is 22.9 Å². The molecule has 0 aromatic carbocycles. The van der Waals surface area contributed by atoms with Crippen molar-refractivity contribution in [1.29, 1.82) is 0 Å². The summed E-state index contributed by atoms with van der Waals surface area (Å²) in [5, 5.41) is 2.04. The third-order valence-electron chi connectivity index (χ3n) is 3.17. The number of halogens is 1.